The molecule has 4 N–H and O–H groups in total. The van der Waals surface area contributed by atoms with E-state index >= 15 is 0 Å². The molecule has 4 amide bonds. The number of methoxy groups -OCH3 is 2. The standard InChI is InChI=1S/C49H58N8O8/c1-28(2)19-36(54-46(60)62-5)44(58)56-26-48(15-16-48)22-39(56)42-51-25-38(53-42)35-14-13-33-20-32(11-12-34(33)21-35)30-7-9-31(10-8-30)37-24-50-43(52-37)40-23-49(64-17-18-65-49)27-57(40)45(59)41(29(3)4)55-47(61)63-6/h7-14,20-21,24-25,28-29,36,39-41H,15-19,22-23,26-27H2,1-6H3,(H,50,52)(H,51,53)(H,54,60)(H,55,61). The second kappa shape index (κ2) is 17.6. The van der Waals surface area contributed by atoms with Gasteiger partial charge in [-0.25, -0.2) is 19.6 Å². The van der Waals surface area contributed by atoms with Gasteiger partial charge in [0.1, 0.15) is 23.7 Å². The van der Waals surface area contributed by atoms with E-state index in [0.717, 1.165) is 69.5 Å². The highest BCUT2D eigenvalue weighted by Crippen LogP contribution is 2.58. The van der Waals surface area contributed by atoms with Crippen molar-refractivity contribution in [2.75, 3.05) is 40.5 Å². The maximum absolute atomic E-state index is 14.0. The average Bonchev–Trinajstić information content (AvgIpc) is 3.95. The number of amides is 4. The van der Waals surface area contributed by atoms with Gasteiger partial charge in [0.15, 0.2) is 5.79 Å². The van der Waals surface area contributed by atoms with Gasteiger partial charge in [-0.05, 0) is 82.5 Å². The SMILES string of the molecule is COC(=O)NC(CC(C)C)C(=O)N1CC2(CC2)CC1c1ncc(-c2ccc3cc(-c4ccc(-c5cnc(C6CC7(CN6C(=O)C(NC(=O)OC)C(C)C)OCCO7)[nH]5)cc4)ccc3c2)[nH]1. The van der Waals surface area contributed by atoms with Gasteiger partial charge in [-0.15, -0.1) is 0 Å². The van der Waals surface area contributed by atoms with E-state index in [-0.39, 0.29) is 41.7 Å². The Kier molecular flexibility index (Phi) is 11.9. The number of carbonyl (C=O) groups excluding carboxylic acids is 4. The predicted octanol–water partition coefficient (Wildman–Crippen LogP) is 7.51. The maximum atomic E-state index is 14.0. The maximum Gasteiger partial charge on any atom is 0.407 e. The summed E-state index contributed by atoms with van der Waals surface area (Å²) in [6.45, 7) is 9.58. The van der Waals surface area contributed by atoms with Crippen LogP contribution in [0.1, 0.15) is 83.5 Å². The fourth-order valence-electron chi connectivity index (χ4n) is 9.80. The van der Waals surface area contributed by atoms with E-state index in [0.29, 0.717) is 38.4 Å². The number of likely N-dealkylation sites (tertiary alicyclic amines) is 2. The third kappa shape index (κ3) is 8.93. The first-order valence-electron chi connectivity index (χ1n) is 22.6. The number of alkyl carbamates (subject to hydrolysis) is 2. The van der Waals surface area contributed by atoms with Gasteiger partial charge in [-0.2, -0.15) is 0 Å². The molecule has 4 aliphatic rings. The van der Waals surface area contributed by atoms with Gasteiger partial charge in [0.05, 0.1) is 69.8 Å². The lowest BCUT2D eigenvalue weighted by Crippen LogP contribution is -2.52. The zero-order valence-corrected chi connectivity index (χ0v) is 37.8. The lowest BCUT2D eigenvalue weighted by Gasteiger charge is -2.30. The highest BCUT2D eigenvalue weighted by atomic mass is 16.7. The number of carbonyl (C=O) groups is 4. The Labute approximate surface area is 378 Å². The fourth-order valence-corrected chi connectivity index (χ4v) is 9.80. The molecule has 16 nitrogen and oxygen atoms in total. The second-order valence-corrected chi connectivity index (χ2v) is 18.9. The number of nitrogens with zero attached hydrogens (tertiary/aromatic N) is 4. The molecule has 16 heteroatoms. The third-order valence-corrected chi connectivity index (χ3v) is 13.5. The second-order valence-electron chi connectivity index (χ2n) is 18.9. The molecule has 3 aliphatic heterocycles. The van der Waals surface area contributed by atoms with Crippen LogP contribution in [0.5, 0.6) is 0 Å². The van der Waals surface area contributed by atoms with E-state index < -0.39 is 36.1 Å². The van der Waals surface area contributed by atoms with Crippen molar-refractivity contribution in [3.8, 4) is 33.6 Å². The number of nitrogens with one attached hydrogen (secondary N) is 4. The van der Waals surface area contributed by atoms with Crippen LogP contribution < -0.4 is 10.6 Å². The lowest BCUT2D eigenvalue weighted by molar-refractivity contribution is -0.153. The minimum atomic E-state index is -0.934. The number of fused-ring (bicyclic) bond motifs is 1. The number of hydrogen-bond acceptors (Lipinski definition) is 10. The van der Waals surface area contributed by atoms with Gasteiger partial charge in [-0.1, -0.05) is 76.2 Å². The molecular formula is C49H58N8O8. The Bertz CT molecular complexity index is 2580. The van der Waals surface area contributed by atoms with Crippen molar-refractivity contribution in [3.05, 3.63) is 84.7 Å². The molecule has 2 aromatic heterocycles. The summed E-state index contributed by atoms with van der Waals surface area (Å²) in [6, 6.07) is 18.9. The molecule has 4 atom stereocenters. The summed E-state index contributed by atoms with van der Waals surface area (Å²) in [7, 11) is 2.59. The van der Waals surface area contributed by atoms with E-state index in [4.69, 9.17) is 28.9 Å². The monoisotopic (exact) mass is 886 g/mol. The number of H-pyrrole nitrogens is 2. The van der Waals surface area contributed by atoms with Gasteiger partial charge in [0.25, 0.3) is 0 Å². The lowest BCUT2D eigenvalue weighted by atomic mass is 9.98. The van der Waals surface area contributed by atoms with E-state index in [9.17, 15) is 19.2 Å². The first kappa shape index (κ1) is 44.0. The van der Waals surface area contributed by atoms with Gasteiger partial charge in [0, 0.05) is 18.5 Å². The number of rotatable bonds is 12. The van der Waals surface area contributed by atoms with Crippen molar-refractivity contribution in [1.29, 1.82) is 0 Å². The smallest absolute Gasteiger partial charge is 0.407 e. The fraction of sp³-hybridized carbons (Fsp3) is 0.469. The summed E-state index contributed by atoms with van der Waals surface area (Å²) in [6.07, 6.45) is 6.27. The first-order chi connectivity index (χ1) is 31.3. The van der Waals surface area contributed by atoms with Crippen LogP contribution in [0.25, 0.3) is 44.4 Å². The molecule has 1 aliphatic carbocycles. The Balaban J connectivity index is 0.896. The molecule has 4 unspecified atom stereocenters. The molecule has 9 rings (SSSR count). The topological polar surface area (TPSA) is 193 Å². The minimum Gasteiger partial charge on any atom is -0.453 e. The van der Waals surface area contributed by atoms with Crippen LogP contribution in [0, 0.1) is 17.3 Å². The number of aromatic amines is 2. The predicted molar refractivity (Wildman–Crippen MR) is 242 cm³/mol. The molecule has 1 saturated carbocycles. The Morgan fingerprint density at radius 1 is 0.708 bits per heavy atom. The van der Waals surface area contributed by atoms with Gasteiger partial charge >= 0.3 is 12.2 Å². The molecule has 342 valence electrons. The van der Waals surface area contributed by atoms with Crippen LogP contribution >= 0.6 is 0 Å². The van der Waals surface area contributed by atoms with Crippen LogP contribution in [0.15, 0.2) is 73.1 Å². The Morgan fingerprint density at radius 3 is 1.85 bits per heavy atom. The molecule has 2 spiro atoms. The third-order valence-electron chi connectivity index (χ3n) is 13.5. The highest BCUT2D eigenvalue weighted by molar-refractivity contribution is 5.91. The summed E-state index contributed by atoms with van der Waals surface area (Å²) < 4.78 is 21.7. The van der Waals surface area contributed by atoms with Gasteiger partial charge in [0.2, 0.25) is 11.8 Å². The molecule has 3 aromatic carbocycles. The molecule has 5 heterocycles. The van der Waals surface area contributed by atoms with Crippen molar-refractivity contribution in [1.82, 2.24) is 40.4 Å². The zero-order chi connectivity index (χ0) is 45.6. The minimum absolute atomic E-state index is 0.0972. The number of benzene rings is 3. The first-order valence-corrected chi connectivity index (χ1v) is 22.6. The number of hydrogen-bond donors (Lipinski definition) is 4. The summed E-state index contributed by atoms with van der Waals surface area (Å²) in [4.78, 5) is 72.6. The largest absolute Gasteiger partial charge is 0.453 e. The molecule has 4 fully saturated rings. The number of imidazole rings is 2. The normalized spacial score (nSPS) is 20.5. The van der Waals surface area contributed by atoms with E-state index in [1.807, 2.05) is 38.8 Å². The number of aromatic nitrogens is 4. The van der Waals surface area contributed by atoms with Crippen LogP contribution in [0.4, 0.5) is 9.59 Å². The van der Waals surface area contributed by atoms with Crippen molar-refractivity contribution in [2.24, 2.45) is 17.3 Å². The summed E-state index contributed by atoms with van der Waals surface area (Å²) in [5.41, 5.74) is 5.86. The van der Waals surface area contributed by atoms with Crippen LogP contribution in [0.3, 0.4) is 0 Å². The zero-order valence-electron chi connectivity index (χ0n) is 37.8. The van der Waals surface area contributed by atoms with E-state index in [1.54, 1.807) is 11.1 Å². The molecular weight excluding hydrogens is 829 g/mol. The molecule has 0 bridgehead atoms. The Hall–Kier alpha value is -6.26. The summed E-state index contributed by atoms with van der Waals surface area (Å²) in [5.74, 6) is 0.0882. The summed E-state index contributed by atoms with van der Waals surface area (Å²) in [5, 5.41) is 7.66. The van der Waals surface area contributed by atoms with Crippen molar-refractivity contribution >= 4 is 34.8 Å². The van der Waals surface area contributed by atoms with E-state index in [1.165, 1.54) is 14.2 Å². The van der Waals surface area contributed by atoms with Crippen molar-refractivity contribution < 1.29 is 38.1 Å². The highest BCUT2D eigenvalue weighted by Gasteiger charge is 2.55. The van der Waals surface area contributed by atoms with E-state index in [2.05, 4.69) is 81.3 Å². The number of ether oxygens (including phenoxy) is 4. The van der Waals surface area contributed by atoms with Crippen LogP contribution in [-0.4, -0.2) is 112 Å². The quantitative estimate of drug-likeness (QED) is 0.0975. The average molecular weight is 887 g/mol. The van der Waals surface area contributed by atoms with Crippen molar-refractivity contribution in [2.45, 2.75) is 89.8 Å². The van der Waals surface area contributed by atoms with Crippen molar-refractivity contribution in [3.63, 3.8) is 0 Å². The van der Waals surface area contributed by atoms with Gasteiger partial charge in [-0.3, -0.25) is 9.59 Å². The summed E-state index contributed by atoms with van der Waals surface area (Å²) >= 11 is 0. The molecule has 3 saturated heterocycles. The Morgan fingerprint density at radius 2 is 1.25 bits per heavy atom. The van der Waals surface area contributed by atoms with Crippen LogP contribution in [0.2, 0.25) is 0 Å². The molecule has 5 aromatic rings. The van der Waals surface area contributed by atoms with Crippen LogP contribution in [-0.2, 0) is 28.5 Å². The molecule has 65 heavy (non-hydrogen) atoms. The van der Waals surface area contributed by atoms with Gasteiger partial charge < -0.3 is 49.3 Å². The molecule has 0 radical (unpaired) electrons.